The zero-order valence-electron chi connectivity index (χ0n) is 11.5. The molecule has 0 aromatic heterocycles. The lowest BCUT2D eigenvalue weighted by Crippen LogP contribution is -2.23. The summed E-state index contributed by atoms with van der Waals surface area (Å²) in [5, 5.41) is 22.3. The first-order valence-electron chi connectivity index (χ1n) is 6.33. The summed E-state index contributed by atoms with van der Waals surface area (Å²) < 4.78 is 4.70. The molecule has 0 heterocycles. The molecule has 0 saturated heterocycles. The molecule has 1 amide bonds. The molecule has 0 aliphatic rings. The van der Waals surface area contributed by atoms with Gasteiger partial charge in [-0.25, -0.2) is 0 Å². The zero-order valence-corrected chi connectivity index (χ0v) is 11.5. The van der Waals surface area contributed by atoms with Gasteiger partial charge in [0.15, 0.2) is 0 Å². The predicted molar refractivity (Wildman–Crippen MR) is 73.0 cm³/mol. The summed E-state index contributed by atoms with van der Waals surface area (Å²) in [6, 6.07) is 6.36. The van der Waals surface area contributed by atoms with Crippen LogP contribution in [0.3, 0.4) is 0 Å². The summed E-state index contributed by atoms with van der Waals surface area (Å²) in [5.41, 5.74) is 1.05. The van der Waals surface area contributed by atoms with Crippen molar-refractivity contribution in [1.82, 2.24) is 0 Å². The molecule has 0 saturated carbocycles. The molecule has 1 aromatic rings. The van der Waals surface area contributed by atoms with Crippen LogP contribution in [-0.2, 0) is 14.3 Å². The second-order valence-electron chi connectivity index (χ2n) is 4.32. The summed E-state index contributed by atoms with van der Waals surface area (Å²) >= 11 is 0. The van der Waals surface area contributed by atoms with Gasteiger partial charge in [0.05, 0.1) is 19.1 Å². The molecule has 1 aromatic carbocycles. The van der Waals surface area contributed by atoms with E-state index < -0.39 is 18.2 Å². The maximum Gasteiger partial charge on any atom is 0.308 e. The van der Waals surface area contributed by atoms with E-state index in [9.17, 15) is 19.8 Å². The minimum absolute atomic E-state index is 0.194. The van der Waals surface area contributed by atoms with Crippen molar-refractivity contribution < 1.29 is 24.5 Å². The highest BCUT2D eigenvalue weighted by Crippen LogP contribution is 2.21. The van der Waals surface area contributed by atoms with Crippen molar-refractivity contribution in [1.29, 1.82) is 0 Å². The summed E-state index contributed by atoms with van der Waals surface area (Å²) in [5.74, 6) is -0.755. The normalized spacial score (nSPS) is 13.4. The number of carbonyl (C=O) groups excluding carboxylic acids is 2. The first-order chi connectivity index (χ1) is 9.43. The number of hydrogen-bond acceptors (Lipinski definition) is 5. The van der Waals surface area contributed by atoms with Crippen LogP contribution < -0.4 is 5.32 Å². The summed E-state index contributed by atoms with van der Waals surface area (Å²) in [6.45, 7) is 3.29. The predicted octanol–water partition coefficient (Wildman–Crippen LogP) is 0.993. The van der Waals surface area contributed by atoms with Crippen molar-refractivity contribution in [2.24, 2.45) is 0 Å². The number of aliphatic hydroxyl groups is 2. The van der Waals surface area contributed by atoms with Crippen LogP contribution in [-0.4, -0.2) is 34.8 Å². The van der Waals surface area contributed by atoms with E-state index in [1.807, 2.05) is 0 Å². The van der Waals surface area contributed by atoms with E-state index in [0.29, 0.717) is 11.3 Å². The monoisotopic (exact) mass is 281 g/mol. The Balaban J connectivity index is 2.64. The zero-order chi connectivity index (χ0) is 15.1. The number of benzene rings is 1. The third-order valence-corrected chi connectivity index (χ3v) is 2.62. The number of aliphatic hydroxyl groups excluding tert-OH is 2. The van der Waals surface area contributed by atoms with Crippen LogP contribution in [0.1, 0.15) is 31.9 Å². The van der Waals surface area contributed by atoms with Gasteiger partial charge < -0.3 is 20.3 Å². The SMILES string of the molecule is CCOC(=O)CC(O)C(O)c1ccc(NC(C)=O)cc1. The van der Waals surface area contributed by atoms with Gasteiger partial charge in [-0.3, -0.25) is 9.59 Å². The molecule has 2 unspecified atom stereocenters. The number of carbonyl (C=O) groups is 2. The molecule has 0 radical (unpaired) electrons. The number of esters is 1. The largest absolute Gasteiger partial charge is 0.466 e. The number of anilines is 1. The van der Waals surface area contributed by atoms with E-state index in [-0.39, 0.29) is 18.9 Å². The number of ether oxygens (including phenoxy) is 1. The second kappa shape index (κ2) is 7.62. The topological polar surface area (TPSA) is 95.9 Å². The minimum Gasteiger partial charge on any atom is -0.466 e. The first kappa shape index (κ1) is 16.1. The summed E-state index contributed by atoms with van der Waals surface area (Å²) in [6.07, 6.45) is -2.70. The van der Waals surface area contributed by atoms with Crippen molar-refractivity contribution >= 4 is 17.6 Å². The van der Waals surface area contributed by atoms with E-state index in [4.69, 9.17) is 4.74 Å². The molecule has 110 valence electrons. The van der Waals surface area contributed by atoms with Crippen LogP contribution >= 0.6 is 0 Å². The lowest BCUT2D eigenvalue weighted by Gasteiger charge is -2.17. The minimum atomic E-state index is -1.24. The van der Waals surface area contributed by atoms with E-state index >= 15 is 0 Å². The quantitative estimate of drug-likeness (QED) is 0.676. The van der Waals surface area contributed by atoms with Gasteiger partial charge in [0, 0.05) is 12.6 Å². The standard InChI is InChI=1S/C14H19NO5/c1-3-20-13(18)8-12(17)14(19)10-4-6-11(7-5-10)15-9(2)16/h4-7,12,14,17,19H,3,8H2,1-2H3,(H,15,16). The number of amides is 1. The van der Waals surface area contributed by atoms with Crippen molar-refractivity contribution in [2.75, 3.05) is 11.9 Å². The summed E-state index contributed by atoms with van der Waals surface area (Å²) in [7, 11) is 0. The van der Waals surface area contributed by atoms with Gasteiger partial charge in [-0.05, 0) is 24.6 Å². The number of hydrogen-bond donors (Lipinski definition) is 3. The first-order valence-corrected chi connectivity index (χ1v) is 6.33. The van der Waals surface area contributed by atoms with Crippen LogP contribution in [0.25, 0.3) is 0 Å². The van der Waals surface area contributed by atoms with E-state index in [2.05, 4.69) is 5.32 Å². The smallest absolute Gasteiger partial charge is 0.308 e. The Hall–Kier alpha value is -1.92. The van der Waals surface area contributed by atoms with Crippen molar-refractivity contribution in [3.8, 4) is 0 Å². The molecule has 0 aliphatic carbocycles. The van der Waals surface area contributed by atoms with Crippen LogP contribution in [0.5, 0.6) is 0 Å². The van der Waals surface area contributed by atoms with Gasteiger partial charge in [-0.1, -0.05) is 12.1 Å². The van der Waals surface area contributed by atoms with Gasteiger partial charge in [0.2, 0.25) is 5.91 Å². The Labute approximate surface area is 117 Å². The molecule has 3 N–H and O–H groups in total. The third kappa shape index (κ3) is 4.99. The fourth-order valence-electron chi connectivity index (χ4n) is 1.69. The average Bonchev–Trinajstić information content (AvgIpc) is 2.38. The van der Waals surface area contributed by atoms with Gasteiger partial charge in [0.1, 0.15) is 6.10 Å². The highest BCUT2D eigenvalue weighted by molar-refractivity contribution is 5.88. The highest BCUT2D eigenvalue weighted by atomic mass is 16.5. The molecule has 20 heavy (non-hydrogen) atoms. The third-order valence-electron chi connectivity index (χ3n) is 2.62. The molecule has 2 atom stereocenters. The Morgan fingerprint density at radius 2 is 1.85 bits per heavy atom. The van der Waals surface area contributed by atoms with Crippen LogP contribution in [0.2, 0.25) is 0 Å². The lowest BCUT2D eigenvalue weighted by molar-refractivity contribution is -0.147. The second-order valence-corrected chi connectivity index (χ2v) is 4.32. The van der Waals surface area contributed by atoms with Gasteiger partial charge in [-0.2, -0.15) is 0 Å². The van der Waals surface area contributed by atoms with Crippen molar-refractivity contribution in [3.05, 3.63) is 29.8 Å². The molecular weight excluding hydrogens is 262 g/mol. The Kier molecular flexibility index (Phi) is 6.14. The van der Waals surface area contributed by atoms with E-state index in [1.54, 1.807) is 31.2 Å². The Morgan fingerprint density at radius 3 is 2.35 bits per heavy atom. The fourth-order valence-corrected chi connectivity index (χ4v) is 1.69. The van der Waals surface area contributed by atoms with Gasteiger partial charge in [0.25, 0.3) is 0 Å². The van der Waals surface area contributed by atoms with Crippen LogP contribution in [0.4, 0.5) is 5.69 Å². The van der Waals surface area contributed by atoms with Gasteiger partial charge >= 0.3 is 5.97 Å². The highest BCUT2D eigenvalue weighted by Gasteiger charge is 2.22. The number of nitrogens with one attached hydrogen (secondary N) is 1. The van der Waals surface area contributed by atoms with Crippen molar-refractivity contribution in [3.63, 3.8) is 0 Å². The molecular formula is C14H19NO5. The van der Waals surface area contributed by atoms with Crippen LogP contribution in [0, 0.1) is 0 Å². The molecule has 0 aliphatic heterocycles. The lowest BCUT2D eigenvalue weighted by atomic mass is 10.0. The molecule has 1 rings (SSSR count). The van der Waals surface area contributed by atoms with E-state index in [1.165, 1.54) is 6.92 Å². The van der Waals surface area contributed by atoms with Gasteiger partial charge in [-0.15, -0.1) is 0 Å². The Morgan fingerprint density at radius 1 is 1.25 bits per heavy atom. The maximum atomic E-state index is 11.2. The molecule has 0 fully saturated rings. The number of rotatable bonds is 6. The molecule has 6 nitrogen and oxygen atoms in total. The fraction of sp³-hybridized carbons (Fsp3) is 0.429. The molecule has 0 spiro atoms. The summed E-state index contributed by atoms with van der Waals surface area (Å²) in [4.78, 5) is 22.1. The van der Waals surface area contributed by atoms with Crippen molar-refractivity contribution in [2.45, 2.75) is 32.5 Å². The van der Waals surface area contributed by atoms with E-state index in [0.717, 1.165) is 0 Å². The van der Waals surface area contributed by atoms with Crippen LogP contribution in [0.15, 0.2) is 24.3 Å². The molecule has 6 heteroatoms. The Bertz CT molecular complexity index is 457. The maximum absolute atomic E-state index is 11.2. The molecule has 0 bridgehead atoms. The average molecular weight is 281 g/mol.